The molecule has 6 heteroatoms. The maximum Gasteiger partial charge on any atom is 0.315 e. The van der Waals surface area contributed by atoms with Crippen molar-refractivity contribution >= 4 is 24.5 Å². The predicted octanol–water partition coefficient (Wildman–Crippen LogP) is 2.16. The lowest BCUT2D eigenvalue weighted by Crippen LogP contribution is -2.49. The van der Waals surface area contributed by atoms with E-state index in [4.69, 9.17) is 16.3 Å². The summed E-state index contributed by atoms with van der Waals surface area (Å²) < 4.78 is 32.5. The summed E-state index contributed by atoms with van der Waals surface area (Å²) in [6, 6.07) is 2.23. The van der Waals surface area contributed by atoms with Crippen LogP contribution in [0.5, 0.6) is 0 Å². The van der Waals surface area contributed by atoms with Gasteiger partial charge in [-0.05, 0) is 39.8 Å². The molecule has 0 saturated heterocycles. The van der Waals surface area contributed by atoms with Crippen LogP contribution in [-0.4, -0.2) is 23.8 Å². The number of benzene rings is 1. The lowest BCUT2D eigenvalue weighted by Gasteiger charge is -2.37. The number of rotatable bonds is 4. The van der Waals surface area contributed by atoms with E-state index in [1.54, 1.807) is 27.7 Å². The fourth-order valence-corrected chi connectivity index (χ4v) is 1.31. The fraction of sp³-hybridized carbons (Fsp3) is 0.500. The molecule has 0 radical (unpaired) electrons. The van der Waals surface area contributed by atoms with E-state index >= 15 is 0 Å². The van der Waals surface area contributed by atoms with Gasteiger partial charge in [-0.3, -0.25) is 0 Å². The Kier molecular flexibility index (Phi) is 4.41. The number of hydrogen-bond acceptors (Lipinski definition) is 2. The molecule has 0 aliphatic heterocycles. The van der Waals surface area contributed by atoms with E-state index in [-0.39, 0.29) is 18.0 Å². The lowest BCUT2D eigenvalue weighted by atomic mass is 9.82. The Bertz CT molecular complexity index is 444. The molecule has 0 bridgehead atoms. The van der Waals surface area contributed by atoms with Gasteiger partial charge in [-0.25, -0.2) is 8.78 Å². The van der Waals surface area contributed by atoms with Crippen LogP contribution < -0.4 is 5.46 Å². The van der Waals surface area contributed by atoms with Crippen molar-refractivity contribution < 1.29 is 18.5 Å². The molecule has 0 aliphatic carbocycles. The van der Waals surface area contributed by atoms with Crippen LogP contribution >= 0.6 is 11.6 Å². The molecule has 0 heterocycles. The average molecular weight is 277 g/mol. The van der Waals surface area contributed by atoms with Crippen LogP contribution in [0.4, 0.5) is 8.78 Å². The Morgan fingerprint density at radius 2 is 1.78 bits per heavy atom. The monoisotopic (exact) mass is 276 g/mol. The highest BCUT2D eigenvalue weighted by atomic mass is 35.5. The van der Waals surface area contributed by atoms with Crippen LogP contribution in [0.2, 0.25) is 5.02 Å². The molecule has 1 aromatic carbocycles. The van der Waals surface area contributed by atoms with Crippen molar-refractivity contribution in [3.63, 3.8) is 0 Å². The Hall–Kier alpha value is -0.645. The Labute approximate surface area is 111 Å². The summed E-state index contributed by atoms with van der Waals surface area (Å²) in [5, 5.41) is 9.72. The minimum Gasteiger partial charge on any atom is -0.427 e. The van der Waals surface area contributed by atoms with Gasteiger partial charge < -0.3 is 9.76 Å². The van der Waals surface area contributed by atoms with Gasteiger partial charge in [0.25, 0.3) is 0 Å². The SMILES string of the molecule is CC(C)(O)C(C)(C)OBc1c(F)ccc(Cl)c1F. The number of aliphatic hydroxyl groups is 1. The maximum absolute atomic E-state index is 13.6. The molecule has 0 aliphatic rings. The van der Waals surface area contributed by atoms with Crippen LogP contribution in [0.15, 0.2) is 12.1 Å². The molecule has 100 valence electrons. The van der Waals surface area contributed by atoms with Gasteiger partial charge in [0, 0.05) is 5.46 Å². The summed E-state index contributed by atoms with van der Waals surface area (Å²) in [5.74, 6) is -1.55. The van der Waals surface area contributed by atoms with Crippen molar-refractivity contribution in [2.45, 2.75) is 38.9 Å². The van der Waals surface area contributed by atoms with Gasteiger partial charge in [-0.2, -0.15) is 0 Å². The summed E-state index contributed by atoms with van der Waals surface area (Å²) in [4.78, 5) is 0. The maximum atomic E-state index is 13.6. The van der Waals surface area contributed by atoms with Crippen molar-refractivity contribution in [2.75, 3.05) is 0 Å². The molecule has 0 amide bonds. The summed E-state index contributed by atoms with van der Waals surface area (Å²) in [7, 11) is -0.296. The second kappa shape index (κ2) is 5.15. The second-order valence-electron chi connectivity index (χ2n) is 5.18. The molecule has 0 atom stereocenters. The molecule has 0 saturated carbocycles. The molecule has 0 spiro atoms. The quantitative estimate of drug-likeness (QED) is 0.674. The predicted molar refractivity (Wildman–Crippen MR) is 69.6 cm³/mol. The van der Waals surface area contributed by atoms with Gasteiger partial charge >= 0.3 is 7.48 Å². The zero-order valence-electron chi connectivity index (χ0n) is 10.9. The Morgan fingerprint density at radius 1 is 1.22 bits per heavy atom. The average Bonchev–Trinajstić information content (AvgIpc) is 2.22. The van der Waals surface area contributed by atoms with Crippen LogP contribution in [0.1, 0.15) is 27.7 Å². The minimum absolute atomic E-state index is 0.156. The highest BCUT2D eigenvalue weighted by Gasteiger charge is 2.36. The van der Waals surface area contributed by atoms with Crippen molar-refractivity contribution in [2.24, 2.45) is 0 Å². The molecule has 1 rings (SSSR count). The Morgan fingerprint density at radius 3 is 2.28 bits per heavy atom. The standard InChI is InChI=1S/C12H16BClF2O2/c1-11(2,17)12(3,4)18-13-9-8(15)6-5-7(14)10(9)16/h5-6,13,17H,1-4H3. The van der Waals surface area contributed by atoms with Crippen molar-refractivity contribution in [1.82, 2.24) is 0 Å². The van der Waals surface area contributed by atoms with Gasteiger partial charge in [0.1, 0.15) is 11.6 Å². The van der Waals surface area contributed by atoms with Gasteiger partial charge in [-0.15, -0.1) is 0 Å². The molecule has 1 aromatic rings. The van der Waals surface area contributed by atoms with Crippen LogP contribution in [0, 0.1) is 11.6 Å². The lowest BCUT2D eigenvalue weighted by molar-refractivity contribution is -0.0894. The molecular weight excluding hydrogens is 260 g/mol. The zero-order valence-corrected chi connectivity index (χ0v) is 11.6. The van der Waals surface area contributed by atoms with Gasteiger partial charge in [0.15, 0.2) is 0 Å². The summed E-state index contributed by atoms with van der Waals surface area (Å²) in [5.41, 5.74) is -2.33. The number of hydrogen-bond donors (Lipinski definition) is 1. The highest BCUT2D eigenvalue weighted by Crippen LogP contribution is 2.24. The summed E-state index contributed by atoms with van der Waals surface area (Å²) in [6.07, 6.45) is 0. The zero-order chi connectivity index (χ0) is 14.1. The second-order valence-corrected chi connectivity index (χ2v) is 5.59. The molecule has 18 heavy (non-hydrogen) atoms. The molecule has 0 fully saturated rings. The normalized spacial score (nSPS) is 12.7. The third-order valence-electron chi connectivity index (χ3n) is 3.19. The van der Waals surface area contributed by atoms with Crippen molar-refractivity contribution in [1.29, 1.82) is 0 Å². The van der Waals surface area contributed by atoms with Gasteiger partial charge in [-0.1, -0.05) is 11.6 Å². The molecule has 0 aromatic heterocycles. The van der Waals surface area contributed by atoms with E-state index in [9.17, 15) is 13.9 Å². The first kappa shape index (κ1) is 15.4. The van der Waals surface area contributed by atoms with Crippen molar-refractivity contribution in [3.8, 4) is 0 Å². The van der Waals surface area contributed by atoms with Crippen molar-refractivity contribution in [3.05, 3.63) is 28.8 Å². The first-order chi connectivity index (χ1) is 8.06. The first-order valence-corrected chi connectivity index (χ1v) is 5.93. The highest BCUT2D eigenvalue weighted by molar-refractivity contribution is 6.48. The van der Waals surface area contributed by atoms with E-state index in [0.29, 0.717) is 0 Å². The fourth-order valence-electron chi connectivity index (χ4n) is 1.13. The molecular formula is C12H16BClF2O2. The number of halogens is 3. The van der Waals surface area contributed by atoms with Gasteiger partial charge in [0.05, 0.1) is 16.2 Å². The van der Waals surface area contributed by atoms with Gasteiger partial charge in [0.2, 0.25) is 0 Å². The largest absolute Gasteiger partial charge is 0.427 e. The smallest absolute Gasteiger partial charge is 0.315 e. The summed E-state index contributed by atoms with van der Waals surface area (Å²) in [6.45, 7) is 6.43. The first-order valence-electron chi connectivity index (χ1n) is 5.55. The Balaban J connectivity index is 2.91. The molecule has 2 nitrogen and oxygen atoms in total. The third-order valence-corrected chi connectivity index (χ3v) is 3.48. The van der Waals surface area contributed by atoms with E-state index in [1.807, 2.05) is 0 Å². The summed E-state index contributed by atoms with van der Waals surface area (Å²) >= 11 is 5.58. The van der Waals surface area contributed by atoms with Crippen LogP contribution in [0.3, 0.4) is 0 Å². The third kappa shape index (κ3) is 3.22. The van der Waals surface area contributed by atoms with E-state index in [2.05, 4.69) is 0 Å². The molecule has 1 N–H and O–H groups in total. The minimum atomic E-state index is -1.14. The van der Waals surface area contributed by atoms with Crippen LogP contribution in [0.25, 0.3) is 0 Å². The van der Waals surface area contributed by atoms with E-state index < -0.39 is 22.8 Å². The van der Waals surface area contributed by atoms with E-state index in [0.717, 1.165) is 12.1 Å². The molecule has 0 unspecified atom stereocenters. The van der Waals surface area contributed by atoms with Crippen LogP contribution in [-0.2, 0) is 4.65 Å². The topological polar surface area (TPSA) is 29.5 Å². The van der Waals surface area contributed by atoms with E-state index in [1.165, 1.54) is 0 Å².